The Hall–Kier alpha value is -0.373. The Bertz CT molecular complexity index is 204. The third kappa shape index (κ3) is 1.53. The third-order valence-electron chi connectivity index (χ3n) is 3.26. The monoisotopic (exact) mass is 180 g/mol. The van der Waals surface area contributed by atoms with Crippen molar-refractivity contribution in [2.45, 2.75) is 43.3 Å². The minimum atomic E-state index is -0.621. The van der Waals surface area contributed by atoms with Gasteiger partial charge in [0, 0.05) is 14.3 Å². The van der Waals surface area contributed by atoms with Crippen molar-refractivity contribution >= 4 is 14.6 Å². The largest absolute Gasteiger partial charge is 0.295 e. The molecule has 2 heteroatoms. The van der Waals surface area contributed by atoms with Gasteiger partial charge in [0.15, 0.2) is 5.78 Å². The Morgan fingerprint density at radius 3 is 2.75 bits per heavy atom. The van der Waals surface area contributed by atoms with Crippen molar-refractivity contribution in [3.8, 4) is 0 Å². The minimum Gasteiger partial charge on any atom is -0.295 e. The van der Waals surface area contributed by atoms with Crippen molar-refractivity contribution in [1.82, 2.24) is 0 Å². The number of hydrogen-bond donors (Lipinski definition) is 0. The molecule has 0 amide bonds. The maximum absolute atomic E-state index is 11.5. The SMILES string of the molecule is O=C1C=CCCC1[SiH]1CCCC1. The van der Waals surface area contributed by atoms with Crippen LogP contribution in [0.3, 0.4) is 0 Å². The average molecular weight is 180 g/mol. The standard InChI is InChI=1S/C10H16OSi/c11-9-5-1-2-6-10(9)12-7-3-4-8-12/h1,5,10,12H,2-4,6-8H2. The first-order valence-electron chi connectivity index (χ1n) is 5.08. The van der Waals surface area contributed by atoms with Crippen LogP contribution in [0.2, 0.25) is 17.6 Å². The Labute approximate surface area is 75.5 Å². The van der Waals surface area contributed by atoms with E-state index >= 15 is 0 Å². The van der Waals surface area contributed by atoms with Crippen molar-refractivity contribution in [2.24, 2.45) is 0 Å². The van der Waals surface area contributed by atoms with Crippen LogP contribution in [0.1, 0.15) is 25.7 Å². The first-order chi connectivity index (χ1) is 5.88. The van der Waals surface area contributed by atoms with Crippen molar-refractivity contribution < 1.29 is 4.79 Å². The molecule has 66 valence electrons. The molecule has 0 aromatic rings. The molecule has 12 heavy (non-hydrogen) atoms. The number of rotatable bonds is 1. The van der Waals surface area contributed by atoms with Gasteiger partial charge in [-0.1, -0.05) is 31.0 Å². The summed E-state index contributed by atoms with van der Waals surface area (Å²) in [5, 5.41) is 0. The maximum Gasteiger partial charge on any atom is 0.155 e. The lowest BCUT2D eigenvalue weighted by atomic mass is 10.1. The lowest BCUT2D eigenvalue weighted by Gasteiger charge is -2.21. The highest BCUT2D eigenvalue weighted by molar-refractivity contribution is 6.65. The third-order valence-corrected chi connectivity index (χ3v) is 7.36. The number of allylic oxidation sites excluding steroid dienone is 2. The molecule has 1 unspecified atom stereocenters. The number of hydrogen-bond acceptors (Lipinski definition) is 1. The highest BCUT2D eigenvalue weighted by Gasteiger charge is 2.30. The van der Waals surface area contributed by atoms with E-state index in [0.717, 1.165) is 6.42 Å². The van der Waals surface area contributed by atoms with Crippen LogP contribution in [-0.2, 0) is 4.79 Å². The second kappa shape index (κ2) is 3.56. The fourth-order valence-electron chi connectivity index (χ4n) is 2.57. The van der Waals surface area contributed by atoms with Crippen LogP contribution >= 0.6 is 0 Å². The van der Waals surface area contributed by atoms with Crippen molar-refractivity contribution in [3.63, 3.8) is 0 Å². The van der Waals surface area contributed by atoms with E-state index < -0.39 is 8.80 Å². The zero-order valence-corrected chi connectivity index (χ0v) is 8.61. The summed E-state index contributed by atoms with van der Waals surface area (Å²) in [6.07, 6.45) is 9.02. The van der Waals surface area contributed by atoms with Crippen LogP contribution in [0.4, 0.5) is 0 Å². The highest BCUT2D eigenvalue weighted by Crippen LogP contribution is 2.34. The molecule has 0 saturated carbocycles. The smallest absolute Gasteiger partial charge is 0.155 e. The number of carbonyl (C=O) groups excluding carboxylic acids is 1. The van der Waals surface area contributed by atoms with Crippen LogP contribution in [0.25, 0.3) is 0 Å². The van der Waals surface area contributed by atoms with E-state index in [1.165, 1.54) is 31.4 Å². The molecule has 1 fully saturated rings. The summed E-state index contributed by atoms with van der Waals surface area (Å²) in [6.45, 7) is 0. The summed E-state index contributed by atoms with van der Waals surface area (Å²) in [5.74, 6) is 0.458. The van der Waals surface area contributed by atoms with E-state index in [-0.39, 0.29) is 0 Å². The molecule has 2 aliphatic rings. The van der Waals surface area contributed by atoms with E-state index in [1.54, 1.807) is 0 Å². The zero-order valence-electron chi connectivity index (χ0n) is 7.46. The van der Waals surface area contributed by atoms with Gasteiger partial charge < -0.3 is 0 Å². The normalized spacial score (nSPS) is 31.3. The fraction of sp³-hybridized carbons (Fsp3) is 0.700. The first kappa shape index (κ1) is 8.24. The summed E-state index contributed by atoms with van der Waals surface area (Å²) >= 11 is 0. The van der Waals surface area contributed by atoms with Gasteiger partial charge in [0.25, 0.3) is 0 Å². The molecule has 1 aliphatic heterocycles. The summed E-state index contributed by atoms with van der Waals surface area (Å²) in [4.78, 5) is 11.5. The molecular formula is C10H16OSi. The second-order valence-electron chi connectivity index (χ2n) is 4.03. The molecule has 0 N–H and O–H groups in total. The van der Waals surface area contributed by atoms with E-state index in [4.69, 9.17) is 0 Å². The van der Waals surface area contributed by atoms with Crippen LogP contribution < -0.4 is 0 Å². The lowest BCUT2D eigenvalue weighted by molar-refractivity contribution is -0.115. The summed E-state index contributed by atoms with van der Waals surface area (Å²) in [6, 6.07) is 2.87. The van der Waals surface area contributed by atoms with Crippen LogP contribution in [-0.4, -0.2) is 14.6 Å². The van der Waals surface area contributed by atoms with Gasteiger partial charge in [0.1, 0.15) is 0 Å². The topological polar surface area (TPSA) is 17.1 Å². The minimum absolute atomic E-state index is 0.458. The van der Waals surface area contributed by atoms with Gasteiger partial charge >= 0.3 is 0 Å². The fourth-order valence-corrected chi connectivity index (χ4v) is 6.53. The molecule has 0 spiro atoms. The number of carbonyl (C=O) groups is 1. The summed E-state index contributed by atoms with van der Waals surface area (Å²) < 4.78 is 0. The Balaban J connectivity index is 2.02. The van der Waals surface area contributed by atoms with Gasteiger partial charge in [-0.15, -0.1) is 0 Å². The molecule has 0 bridgehead atoms. The summed E-state index contributed by atoms with van der Waals surface area (Å²) in [5.41, 5.74) is 0.525. The Morgan fingerprint density at radius 2 is 2.08 bits per heavy atom. The predicted molar refractivity (Wildman–Crippen MR) is 53.1 cm³/mol. The molecule has 0 radical (unpaired) electrons. The van der Waals surface area contributed by atoms with Crippen LogP contribution in [0, 0.1) is 0 Å². The second-order valence-corrected chi connectivity index (χ2v) is 7.51. The van der Waals surface area contributed by atoms with Gasteiger partial charge in [-0.05, 0) is 18.9 Å². The average Bonchev–Trinajstić information content (AvgIpc) is 2.57. The molecule has 1 atom stereocenters. The number of ketones is 1. The van der Waals surface area contributed by atoms with Gasteiger partial charge in [-0.2, -0.15) is 0 Å². The molecule has 1 heterocycles. The van der Waals surface area contributed by atoms with E-state index in [1.807, 2.05) is 12.2 Å². The van der Waals surface area contributed by atoms with Crippen molar-refractivity contribution in [2.75, 3.05) is 0 Å². The molecule has 2 rings (SSSR count). The van der Waals surface area contributed by atoms with E-state index in [9.17, 15) is 4.79 Å². The quantitative estimate of drug-likeness (QED) is 0.566. The van der Waals surface area contributed by atoms with Crippen molar-refractivity contribution in [3.05, 3.63) is 12.2 Å². The van der Waals surface area contributed by atoms with E-state index in [2.05, 4.69) is 0 Å². The molecular weight excluding hydrogens is 164 g/mol. The van der Waals surface area contributed by atoms with Gasteiger partial charge in [-0.3, -0.25) is 4.79 Å². The molecule has 0 aromatic heterocycles. The van der Waals surface area contributed by atoms with Crippen LogP contribution in [0.15, 0.2) is 12.2 Å². The van der Waals surface area contributed by atoms with Gasteiger partial charge in [-0.25, -0.2) is 0 Å². The molecule has 1 saturated heterocycles. The van der Waals surface area contributed by atoms with Crippen LogP contribution in [0.5, 0.6) is 0 Å². The lowest BCUT2D eigenvalue weighted by Crippen LogP contribution is -2.24. The highest BCUT2D eigenvalue weighted by atomic mass is 28.3. The Kier molecular flexibility index (Phi) is 2.44. The molecule has 1 aliphatic carbocycles. The van der Waals surface area contributed by atoms with Gasteiger partial charge in [0.05, 0.1) is 0 Å². The Morgan fingerprint density at radius 1 is 1.33 bits per heavy atom. The van der Waals surface area contributed by atoms with Crippen molar-refractivity contribution in [1.29, 1.82) is 0 Å². The van der Waals surface area contributed by atoms with Gasteiger partial charge in [0.2, 0.25) is 0 Å². The maximum atomic E-state index is 11.5. The first-order valence-corrected chi connectivity index (χ1v) is 7.38. The molecule has 1 nitrogen and oxygen atoms in total. The molecule has 0 aromatic carbocycles. The summed E-state index contributed by atoms with van der Waals surface area (Å²) in [7, 11) is -0.621. The predicted octanol–water partition coefficient (Wildman–Crippen LogP) is 2.30. The zero-order chi connectivity index (χ0) is 8.39. The van der Waals surface area contributed by atoms with E-state index in [0.29, 0.717) is 11.3 Å².